The van der Waals surface area contributed by atoms with Crippen LogP contribution >= 0.6 is 0 Å². The van der Waals surface area contributed by atoms with Gasteiger partial charge in [0.25, 0.3) is 0 Å². The second kappa shape index (κ2) is 7.87. The summed E-state index contributed by atoms with van der Waals surface area (Å²) >= 11 is 0. The number of halogens is 2. The Kier molecular flexibility index (Phi) is 5.69. The fraction of sp³-hybridized carbons (Fsp3) is 0.350. The van der Waals surface area contributed by atoms with Gasteiger partial charge in [0.1, 0.15) is 0 Å². The van der Waals surface area contributed by atoms with E-state index in [0.717, 1.165) is 12.1 Å². The molecule has 2 aromatic rings. The summed E-state index contributed by atoms with van der Waals surface area (Å²) < 4.78 is 52.6. The molecule has 1 heterocycles. The monoisotopic (exact) mass is 409 g/mol. The molecule has 0 aliphatic carbocycles. The predicted octanol–water partition coefficient (Wildman–Crippen LogP) is 3.24. The molecule has 3 rings (SSSR count). The first-order valence-corrected chi connectivity index (χ1v) is 10.5. The van der Waals surface area contributed by atoms with Crippen LogP contribution in [0.5, 0.6) is 5.75 Å². The van der Waals surface area contributed by atoms with E-state index in [4.69, 9.17) is 0 Å². The van der Waals surface area contributed by atoms with Gasteiger partial charge in [-0.3, -0.25) is 4.79 Å². The zero-order valence-electron chi connectivity index (χ0n) is 15.3. The van der Waals surface area contributed by atoms with Gasteiger partial charge in [-0.05, 0) is 49.6 Å². The van der Waals surface area contributed by atoms with Crippen LogP contribution in [-0.2, 0) is 14.6 Å². The highest BCUT2D eigenvalue weighted by atomic mass is 32.2. The molecule has 0 unspecified atom stereocenters. The summed E-state index contributed by atoms with van der Waals surface area (Å²) in [5.74, 6) is -4.47. The molecule has 1 N–H and O–H groups in total. The maximum atomic E-state index is 13.6. The molecular weight excluding hydrogens is 388 g/mol. The molecule has 150 valence electrons. The first kappa shape index (κ1) is 20.3. The van der Waals surface area contributed by atoms with Gasteiger partial charge >= 0.3 is 0 Å². The number of hydrogen-bond acceptors (Lipinski definition) is 4. The molecule has 0 saturated carbocycles. The van der Waals surface area contributed by atoms with E-state index >= 15 is 0 Å². The molecule has 2 aromatic carbocycles. The first-order chi connectivity index (χ1) is 13.2. The van der Waals surface area contributed by atoms with E-state index in [0.29, 0.717) is 12.8 Å². The fourth-order valence-electron chi connectivity index (χ4n) is 3.44. The number of carbonyl (C=O) groups excluding carboxylic acids is 1. The molecule has 0 aromatic heterocycles. The van der Waals surface area contributed by atoms with Gasteiger partial charge in [-0.25, -0.2) is 17.2 Å². The topological polar surface area (TPSA) is 74.7 Å². The van der Waals surface area contributed by atoms with Gasteiger partial charge in [-0.2, -0.15) is 0 Å². The van der Waals surface area contributed by atoms with E-state index < -0.39 is 38.4 Å². The lowest BCUT2D eigenvalue weighted by molar-refractivity contribution is -0.133. The minimum absolute atomic E-state index is 0.122. The number of benzene rings is 2. The Hall–Kier alpha value is -2.48. The van der Waals surface area contributed by atoms with Gasteiger partial charge in [0.2, 0.25) is 5.91 Å². The van der Waals surface area contributed by atoms with Crippen molar-refractivity contribution in [2.24, 2.45) is 0 Å². The van der Waals surface area contributed by atoms with Crippen LogP contribution in [0.2, 0.25) is 0 Å². The van der Waals surface area contributed by atoms with Crippen LogP contribution < -0.4 is 0 Å². The molecule has 1 amide bonds. The molecule has 28 heavy (non-hydrogen) atoms. The van der Waals surface area contributed by atoms with Crippen LogP contribution in [0, 0.1) is 11.6 Å². The van der Waals surface area contributed by atoms with Crippen molar-refractivity contribution in [2.75, 3.05) is 13.1 Å². The number of carbonyl (C=O) groups is 1. The first-order valence-electron chi connectivity index (χ1n) is 8.97. The molecule has 0 spiro atoms. The molecular formula is C20H21F2NO4S. The van der Waals surface area contributed by atoms with E-state index in [1.54, 1.807) is 30.3 Å². The summed E-state index contributed by atoms with van der Waals surface area (Å²) in [4.78, 5) is 14.5. The third-order valence-corrected chi connectivity index (χ3v) is 7.45. The Morgan fingerprint density at radius 2 is 1.64 bits per heavy atom. The van der Waals surface area contributed by atoms with Crippen molar-refractivity contribution in [1.29, 1.82) is 0 Å². The number of piperidine rings is 1. The largest absolute Gasteiger partial charge is 0.503 e. The average molecular weight is 409 g/mol. The van der Waals surface area contributed by atoms with Crippen molar-refractivity contribution < 1.29 is 27.1 Å². The van der Waals surface area contributed by atoms with Crippen molar-refractivity contribution in [3.63, 3.8) is 0 Å². The number of phenolic OH excluding ortho intramolecular Hbond substituents is 1. The number of aromatic hydroxyl groups is 1. The molecule has 0 radical (unpaired) electrons. The number of amides is 1. The third-order valence-electron chi connectivity index (χ3n) is 5.17. The normalized spacial score (nSPS) is 16.8. The van der Waals surface area contributed by atoms with Gasteiger partial charge in [0.15, 0.2) is 27.2 Å². The Morgan fingerprint density at radius 1 is 1.11 bits per heavy atom. The van der Waals surface area contributed by atoms with Crippen molar-refractivity contribution in [3.8, 4) is 5.75 Å². The molecule has 1 aliphatic rings. The molecule has 0 bridgehead atoms. The van der Waals surface area contributed by atoms with Crippen LogP contribution in [0.4, 0.5) is 8.78 Å². The maximum Gasteiger partial charge on any atom is 0.229 e. The Morgan fingerprint density at radius 3 is 2.18 bits per heavy atom. The Balaban J connectivity index is 1.68. The van der Waals surface area contributed by atoms with E-state index in [1.807, 2.05) is 0 Å². The average Bonchev–Trinajstić information content (AvgIpc) is 2.71. The number of phenols is 1. The Bertz CT molecular complexity index is 948. The maximum absolute atomic E-state index is 13.6. The van der Waals surface area contributed by atoms with E-state index in [2.05, 4.69) is 0 Å². The number of rotatable bonds is 4. The standard InChI is InChI=1S/C20H21F2NO4S/c1-13(14-11-17(21)19(24)18(22)12-14)20(25)23-9-7-16(8-10-23)28(26,27)15-5-3-2-4-6-15/h2-6,11-13,16,24H,7-10H2,1H3/t13-/m0/s1. The van der Waals surface area contributed by atoms with E-state index in [1.165, 1.54) is 11.8 Å². The lowest BCUT2D eigenvalue weighted by Gasteiger charge is -2.33. The number of sulfone groups is 1. The second-order valence-electron chi connectivity index (χ2n) is 6.94. The van der Waals surface area contributed by atoms with Crippen molar-refractivity contribution >= 4 is 15.7 Å². The number of hydrogen-bond donors (Lipinski definition) is 1. The zero-order chi connectivity index (χ0) is 20.5. The highest BCUT2D eigenvalue weighted by Crippen LogP contribution is 2.29. The van der Waals surface area contributed by atoms with Crippen molar-refractivity contribution in [2.45, 2.75) is 35.8 Å². The van der Waals surface area contributed by atoms with Crippen molar-refractivity contribution in [1.82, 2.24) is 4.90 Å². The van der Waals surface area contributed by atoms with Crippen LogP contribution in [0.3, 0.4) is 0 Å². The minimum Gasteiger partial charge on any atom is -0.503 e. The lowest BCUT2D eigenvalue weighted by Crippen LogP contribution is -2.44. The molecule has 1 atom stereocenters. The van der Waals surface area contributed by atoms with E-state index in [-0.39, 0.29) is 29.5 Å². The summed E-state index contributed by atoms with van der Waals surface area (Å²) in [7, 11) is -3.46. The quantitative estimate of drug-likeness (QED) is 0.841. The van der Waals surface area contributed by atoms with Crippen LogP contribution in [0.25, 0.3) is 0 Å². The molecule has 1 saturated heterocycles. The molecule has 8 heteroatoms. The summed E-state index contributed by atoms with van der Waals surface area (Å²) in [5, 5.41) is 8.63. The zero-order valence-corrected chi connectivity index (χ0v) is 16.1. The fourth-order valence-corrected chi connectivity index (χ4v) is 5.19. The van der Waals surface area contributed by atoms with Gasteiger partial charge in [0.05, 0.1) is 16.1 Å². The van der Waals surface area contributed by atoms with Gasteiger partial charge in [-0.15, -0.1) is 0 Å². The van der Waals surface area contributed by atoms with E-state index in [9.17, 15) is 27.1 Å². The van der Waals surface area contributed by atoms with Crippen LogP contribution in [0.15, 0.2) is 47.4 Å². The number of likely N-dealkylation sites (tertiary alicyclic amines) is 1. The van der Waals surface area contributed by atoms with Crippen molar-refractivity contribution in [3.05, 3.63) is 59.7 Å². The summed E-state index contributed by atoms with van der Waals surface area (Å²) in [6, 6.07) is 10.1. The molecule has 5 nitrogen and oxygen atoms in total. The van der Waals surface area contributed by atoms with Gasteiger partial charge in [-0.1, -0.05) is 18.2 Å². The highest BCUT2D eigenvalue weighted by molar-refractivity contribution is 7.92. The third kappa shape index (κ3) is 3.87. The highest BCUT2D eigenvalue weighted by Gasteiger charge is 2.34. The smallest absolute Gasteiger partial charge is 0.229 e. The predicted molar refractivity (Wildman–Crippen MR) is 99.7 cm³/mol. The van der Waals surface area contributed by atoms with Crippen LogP contribution in [-0.4, -0.2) is 42.7 Å². The second-order valence-corrected chi connectivity index (χ2v) is 9.17. The van der Waals surface area contributed by atoms with Gasteiger partial charge in [0, 0.05) is 13.1 Å². The van der Waals surface area contributed by atoms with Crippen LogP contribution in [0.1, 0.15) is 31.2 Å². The lowest BCUT2D eigenvalue weighted by atomic mass is 9.97. The Labute approximate surface area is 162 Å². The summed E-state index contributed by atoms with van der Waals surface area (Å²) in [6.07, 6.45) is 0.599. The molecule has 1 fully saturated rings. The summed E-state index contributed by atoms with van der Waals surface area (Å²) in [6.45, 7) is 2.03. The number of nitrogens with zero attached hydrogens (tertiary/aromatic N) is 1. The minimum atomic E-state index is -3.46. The van der Waals surface area contributed by atoms with Gasteiger partial charge < -0.3 is 10.0 Å². The molecule has 1 aliphatic heterocycles. The summed E-state index contributed by atoms with van der Waals surface area (Å²) in [5.41, 5.74) is 0.122. The SMILES string of the molecule is C[C@H](C(=O)N1CCC(S(=O)(=O)c2ccccc2)CC1)c1cc(F)c(O)c(F)c1.